The second-order valence-electron chi connectivity index (χ2n) is 7.46. The summed E-state index contributed by atoms with van der Waals surface area (Å²) in [5.41, 5.74) is 3.59. The summed E-state index contributed by atoms with van der Waals surface area (Å²) in [5.74, 6) is 0.465. The molecule has 0 atom stereocenters. The maximum atomic E-state index is 11.0. The van der Waals surface area contributed by atoms with Crippen LogP contribution in [0.4, 0.5) is 40.6 Å². The Morgan fingerprint density at radius 3 is 1.97 bits per heavy atom. The number of nitrogens with one attached hydrogen (secondary N) is 3. The number of aromatic hydroxyl groups is 1. The largest absolute Gasteiger partial charge is 0.502 e. The zero-order valence-electron chi connectivity index (χ0n) is 19.6. The number of hydrazone groups is 1. The molecule has 0 radical (unpaired) electrons. The van der Waals surface area contributed by atoms with E-state index in [0.717, 1.165) is 6.07 Å². The Morgan fingerprint density at radius 2 is 1.42 bits per heavy atom. The average Bonchev–Trinajstić information content (AvgIpc) is 2.90. The number of nitrogens with zero attached hydrogens (tertiary/aromatic N) is 6. The zero-order chi connectivity index (χ0) is 27.1. The molecule has 0 saturated carbocycles. The predicted molar refractivity (Wildman–Crippen MR) is 138 cm³/mol. The van der Waals surface area contributed by atoms with Gasteiger partial charge in [-0.2, -0.15) is 20.1 Å². The van der Waals surface area contributed by atoms with E-state index in [4.69, 9.17) is 4.74 Å². The lowest BCUT2D eigenvalue weighted by Gasteiger charge is -2.10. The van der Waals surface area contributed by atoms with Crippen molar-refractivity contribution in [2.24, 2.45) is 5.10 Å². The Balaban J connectivity index is 1.58. The van der Waals surface area contributed by atoms with Gasteiger partial charge in [0, 0.05) is 35.1 Å². The third-order valence-electron chi connectivity index (χ3n) is 4.89. The number of non-ortho nitro benzene ring substituents is 1. The van der Waals surface area contributed by atoms with Gasteiger partial charge in [0.25, 0.3) is 5.69 Å². The standard InChI is InChI=1S/C23H19N9O6/c1-38-18-9-5-16(6-10-18)26-22-27-21(25-15-3-7-17(8-4-15)31(34)35)28-23(29-22)30-24-13-14-2-11-20(33)19(12-14)32(36)37/h2-13,33H,1H3,(H3,25,26,27,28,29,30)/b24-13-. The van der Waals surface area contributed by atoms with Gasteiger partial charge in [0.15, 0.2) is 5.75 Å². The predicted octanol–water partition coefficient (Wildman–Crippen LogP) is 4.34. The van der Waals surface area contributed by atoms with Crippen LogP contribution in [0.15, 0.2) is 71.8 Å². The summed E-state index contributed by atoms with van der Waals surface area (Å²) in [6.45, 7) is 0. The first kappa shape index (κ1) is 25.2. The van der Waals surface area contributed by atoms with Crippen LogP contribution in [0.25, 0.3) is 0 Å². The van der Waals surface area contributed by atoms with Gasteiger partial charge < -0.3 is 20.5 Å². The third-order valence-corrected chi connectivity index (χ3v) is 4.89. The molecule has 0 aliphatic rings. The van der Waals surface area contributed by atoms with Gasteiger partial charge in [-0.1, -0.05) is 0 Å². The Labute approximate surface area is 214 Å². The van der Waals surface area contributed by atoms with Crippen molar-refractivity contribution in [3.8, 4) is 11.5 Å². The molecule has 0 aliphatic heterocycles. The highest BCUT2D eigenvalue weighted by molar-refractivity contribution is 5.82. The Morgan fingerprint density at radius 1 is 0.842 bits per heavy atom. The number of hydrogen-bond acceptors (Lipinski definition) is 13. The highest BCUT2D eigenvalue weighted by Gasteiger charge is 2.13. The minimum atomic E-state index is -0.709. The van der Waals surface area contributed by atoms with Crippen molar-refractivity contribution in [3.05, 3.63) is 92.5 Å². The summed E-state index contributed by atoms with van der Waals surface area (Å²) in [6.07, 6.45) is 1.29. The summed E-state index contributed by atoms with van der Waals surface area (Å²) in [5, 5.41) is 41.6. The molecule has 0 fully saturated rings. The van der Waals surface area contributed by atoms with E-state index in [1.807, 2.05) is 0 Å². The van der Waals surface area contributed by atoms with E-state index in [9.17, 15) is 25.3 Å². The minimum Gasteiger partial charge on any atom is -0.502 e. The number of hydrogen-bond donors (Lipinski definition) is 4. The van der Waals surface area contributed by atoms with Gasteiger partial charge in [-0.05, 0) is 48.5 Å². The first-order chi connectivity index (χ1) is 18.3. The lowest BCUT2D eigenvalue weighted by Crippen LogP contribution is -2.07. The molecule has 3 aromatic carbocycles. The molecule has 0 bridgehead atoms. The number of anilines is 5. The lowest BCUT2D eigenvalue weighted by molar-refractivity contribution is -0.385. The highest BCUT2D eigenvalue weighted by Crippen LogP contribution is 2.26. The molecule has 4 N–H and O–H groups in total. The smallest absolute Gasteiger partial charge is 0.311 e. The van der Waals surface area contributed by atoms with Crippen molar-refractivity contribution in [1.82, 2.24) is 15.0 Å². The number of rotatable bonds is 10. The van der Waals surface area contributed by atoms with Crippen LogP contribution in [0, 0.1) is 20.2 Å². The summed E-state index contributed by atoms with van der Waals surface area (Å²) in [4.78, 5) is 33.6. The summed E-state index contributed by atoms with van der Waals surface area (Å²) >= 11 is 0. The molecule has 0 aliphatic carbocycles. The van der Waals surface area contributed by atoms with E-state index in [2.05, 4.69) is 36.1 Å². The van der Waals surface area contributed by atoms with Crippen LogP contribution >= 0.6 is 0 Å². The van der Waals surface area contributed by atoms with Crippen molar-refractivity contribution in [3.63, 3.8) is 0 Å². The molecule has 0 spiro atoms. The van der Waals surface area contributed by atoms with Crippen molar-refractivity contribution in [1.29, 1.82) is 0 Å². The van der Waals surface area contributed by atoms with Gasteiger partial charge >= 0.3 is 5.69 Å². The number of benzene rings is 3. The maximum Gasteiger partial charge on any atom is 0.311 e. The second kappa shape index (κ2) is 11.3. The maximum absolute atomic E-state index is 11.0. The SMILES string of the molecule is COc1ccc(Nc2nc(N/N=C\c3ccc(O)c([N+](=O)[O-])c3)nc(Nc3ccc([N+](=O)[O-])cc3)n2)cc1. The molecular weight excluding hydrogens is 498 g/mol. The summed E-state index contributed by atoms with van der Waals surface area (Å²) in [6, 6.07) is 16.5. The van der Waals surface area contributed by atoms with Crippen LogP contribution in [0.2, 0.25) is 0 Å². The molecule has 15 nitrogen and oxygen atoms in total. The fourth-order valence-electron chi connectivity index (χ4n) is 3.07. The zero-order valence-corrected chi connectivity index (χ0v) is 19.6. The first-order valence-electron chi connectivity index (χ1n) is 10.8. The number of aromatic nitrogens is 3. The molecule has 4 aromatic rings. The van der Waals surface area contributed by atoms with Gasteiger partial charge in [0.05, 0.1) is 23.2 Å². The molecule has 1 aromatic heterocycles. The molecule has 15 heteroatoms. The number of nitro benzene ring substituents is 2. The highest BCUT2D eigenvalue weighted by atomic mass is 16.6. The van der Waals surface area contributed by atoms with Crippen LogP contribution in [0.1, 0.15) is 5.56 Å². The van der Waals surface area contributed by atoms with E-state index in [-0.39, 0.29) is 23.5 Å². The Hall–Kier alpha value is -5.86. The van der Waals surface area contributed by atoms with Crippen molar-refractivity contribution >= 4 is 46.8 Å². The molecule has 1 heterocycles. The van der Waals surface area contributed by atoms with Gasteiger partial charge in [0.2, 0.25) is 17.8 Å². The molecular formula is C23H19N9O6. The second-order valence-corrected chi connectivity index (χ2v) is 7.46. The lowest BCUT2D eigenvalue weighted by atomic mass is 10.2. The van der Waals surface area contributed by atoms with Crippen LogP contribution in [0.5, 0.6) is 11.5 Å². The van der Waals surface area contributed by atoms with Crippen LogP contribution in [0.3, 0.4) is 0 Å². The van der Waals surface area contributed by atoms with Crippen molar-refractivity contribution < 1.29 is 19.7 Å². The van der Waals surface area contributed by atoms with Gasteiger partial charge in [-0.15, -0.1) is 0 Å². The topological polar surface area (TPSA) is 203 Å². The molecule has 0 amide bonds. The van der Waals surface area contributed by atoms with E-state index in [1.165, 1.54) is 42.6 Å². The minimum absolute atomic E-state index is 0.0185. The van der Waals surface area contributed by atoms with E-state index >= 15 is 0 Å². The van der Waals surface area contributed by atoms with Crippen LogP contribution in [-0.2, 0) is 0 Å². The quantitative estimate of drug-likeness (QED) is 0.132. The number of ether oxygens (including phenoxy) is 1. The first-order valence-corrected chi connectivity index (χ1v) is 10.8. The van der Waals surface area contributed by atoms with E-state index in [0.29, 0.717) is 22.7 Å². The third kappa shape index (κ3) is 6.42. The van der Waals surface area contributed by atoms with Crippen molar-refractivity contribution in [2.45, 2.75) is 0 Å². The van der Waals surface area contributed by atoms with Gasteiger partial charge in [-0.25, -0.2) is 5.43 Å². The summed E-state index contributed by atoms with van der Waals surface area (Å²) < 4.78 is 5.16. The monoisotopic (exact) mass is 517 g/mol. The molecule has 38 heavy (non-hydrogen) atoms. The fourth-order valence-corrected chi connectivity index (χ4v) is 3.07. The Kier molecular flexibility index (Phi) is 7.47. The molecule has 4 rings (SSSR count). The number of methoxy groups -OCH3 is 1. The average molecular weight is 517 g/mol. The summed E-state index contributed by atoms with van der Waals surface area (Å²) in [7, 11) is 1.55. The van der Waals surface area contributed by atoms with Crippen molar-refractivity contribution in [2.75, 3.05) is 23.2 Å². The number of phenols is 1. The van der Waals surface area contributed by atoms with Crippen LogP contribution in [-0.4, -0.2) is 43.2 Å². The number of phenolic OH excluding ortho intramolecular Hbond substituents is 1. The molecule has 0 saturated heterocycles. The van der Waals surface area contributed by atoms with Gasteiger partial charge in [-0.3, -0.25) is 20.2 Å². The Bertz CT molecular complexity index is 1490. The van der Waals surface area contributed by atoms with E-state index < -0.39 is 21.3 Å². The molecule has 192 valence electrons. The normalized spacial score (nSPS) is 10.7. The number of nitro groups is 2. The van der Waals surface area contributed by atoms with E-state index in [1.54, 1.807) is 31.4 Å². The molecule has 0 unspecified atom stereocenters. The van der Waals surface area contributed by atoms with Crippen LogP contribution < -0.4 is 20.8 Å². The van der Waals surface area contributed by atoms with Gasteiger partial charge in [0.1, 0.15) is 5.75 Å². The fraction of sp³-hybridized carbons (Fsp3) is 0.0435.